The second kappa shape index (κ2) is 6.36. The summed E-state index contributed by atoms with van der Waals surface area (Å²) in [5, 5.41) is 16.6. The Morgan fingerprint density at radius 3 is 3.00 bits per heavy atom. The summed E-state index contributed by atoms with van der Waals surface area (Å²) in [6.45, 7) is 2.69. The van der Waals surface area contributed by atoms with Gasteiger partial charge in [0.15, 0.2) is 0 Å². The van der Waals surface area contributed by atoms with Gasteiger partial charge >= 0.3 is 6.03 Å². The second-order valence-electron chi connectivity index (χ2n) is 2.92. The average molecular weight is 229 g/mol. The van der Waals surface area contributed by atoms with Crippen molar-refractivity contribution in [1.29, 1.82) is 0 Å². The number of carbonyl (C=O) groups excluding carboxylic acids is 1. The monoisotopic (exact) mass is 229 g/mol. The van der Waals surface area contributed by atoms with Crippen LogP contribution in [-0.4, -0.2) is 29.3 Å². The molecule has 0 aliphatic rings. The highest BCUT2D eigenvalue weighted by atomic mass is 32.1. The van der Waals surface area contributed by atoms with Crippen molar-refractivity contribution in [3.05, 3.63) is 16.1 Å². The molecule has 1 rings (SSSR count). The Balaban J connectivity index is 2.27. The normalized spacial score (nSPS) is 10.0. The van der Waals surface area contributed by atoms with E-state index in [9.17, 15) is 4.79 Å². The molecule has 0 saturated heterocycles. The number of carbonyl (C=O) groups is 1. The smallest absolute Gasteiger partial charge is 0.315 e. The van der Waals surface area contributed by atoms with E-state index in [4.69, 9.17) is 5.11 Å². The Labute approximate surface area is 92.5 Å². The third kappa shape index (κ3) is 4.26. The minimum Gasteiger partial charge on any atom is -0.395 e. The van der Waals surface area contributed by atoms with Crippen LogP contribution in [0.3, 0.4) is 0 Å². The molecule has 0 radical (unpaired) electrons. The van der Waals surface area contributed by atoms with Gasteiger partial charge < -0.3 is 15.7 Å². The number of aliphatic hydroxyl groups is 1. The molecule has 3 N–H and O–H groups in total. The molecule has 0 aliphatic carbocycles. The van der Waals surface area contributed by atoms with Crippen molar-refractivity contribution in [2.45, 2.75) is 19.9 Å². The zero-order valence-corrected chi connectivity index (χ0v) is 9.43. The molecule has 0 unspecified atom stereocenters. The molecular formula is C9H15N3O2S. The maximum Gasteiger partial charge on any atom is 0.315 e. The van der Waals surface area contributed by atoms with Gasteiger partial charge in [0, 0.05) is 11.9 Å². The standard InChI is InChI=1S/C9H15N3O2S/c1-2-8-12-7(6-15-8)5-11-9(14)10-3-4-13/h6,13H,2-5H2,1H3,(H2,10,11,14). The lowest BCUT2D eigenvalue weighted by atomic mass is 10.4. The second-order valence-corrected chi connectivity index (χ2v) is 3.86. The number of aliphatic hydroxyl groups excluding tert-OH is 1. The largest absolute Gasteiger partial charge is 0.395 e. The Morgan fingerprint density at radius 2 is 2.40 bits per heavy atom. The van der Waals surface area contributed by atoms with Crippen LogP contribution in [0.5, 0.6) is 0 Å². The number of amides is 2. The van der Waals surface area contributed by atoms with E-state index in [1.807, 2.05) is 12.3 Å². The molecule has 15 heavy (non-hydrogen) atoms. The molecule has 0 spiro atoms. The van der Waals surface area contributed by atoms with Crippen molar-refractivity contribution in [1.82, 2.24) is 15.6 Å². The molecule has 0 fully saturated rings. The molecular weight excluding hydrogens is 214 g/mol. The zero-order chi connectivity index (χ0) is 11.1. The number of hydrogen-bond donors (Lipinski definition) is 3. The van der Waals surface area contributed by atoms with Crippen LogP contribution < -0.4 is 10.6 Å². The van der Waals surface area contributed by atoms with E-state index in [0.717, 1.165) is 17.1 Å². The van der Waals surface area contributed by atoms with Gasteiger partial charge in [0.05, 0.1) is 23.9 Å². The summed E-state index contributed by atoms with van der Waals surface area (Å²) < 4.78 is 0. The maximum absolute atomic E-state index is 11.1. The topological polar surface area (TPSA) is 74.2 Å². The number of aryl methyl sites for hydroxylation is 1. The Bertz CT molecular complexity index is 314. The van der Waals surface area contributed by atoms with Crippen LogP contribution >= 0.6 is 11.3 Å². The average Bonchev–Trinajstić information content (AvgIpc) is 2.71. The maximum atomic E-state index is 11.1. The molecule has 6 heteroatoms. The molecule has 5 nitrogen and oxygen atoms in total. The third-order valence-corrected chi connectivity index (χ3v) is 2.77. The van der Waals surface area contributed by atoms with E-state index in [-0.39, 0.29) is 19.2 Å². The fourth-order valence-corrected chi connectivity index (χ4v) is 1.74. The Kier molecular flexibility index (Phi) is 5.06. The molecule has 1 aromatic heterocycles. The van der Waals surface area contributed by atoms with Crippen LogP contribution in [0.1, 0.15) is 17.6 Å². The first-order valence-electron chi connectivity index (χ1n) is 4.82. The van der Waals surface area contributed by atoms with Gasteiger partial charge in [-0.1, -0.05) is 6.92 Å². The first-order valence-corrected chi connectivity index (χ1v) is 5.70. The zero-order valence-electron chi connectivity index (χ0n) is 8.62. The lowest BCUT2D eigenvalue weighted by molar-refractivity contribution is 0.234. The summed E-state index contributed by atoms with van der Waals surface area (Å²) in [4.78, 5) is 15.4. The summed E-state index contributed by atoms with van der Waals surface area (Å²) in [6.07, 6.45) is 0.918. The van der Waals surface area contributed by atoms with Crippen molar-refractivity contribution in [2.75, 3.05) is 13.2 Å². The predicted molar refractivity (Wildman–Crippen MR) is 58.8 cm³/mol. The summed E-state index contributed by atoms with van der Waals surface area (Å²) >= 11 is 1.60. The van der Waals surface area contributed by atoms with Crippen LogP contribution in [0.2, 0.25) is 0 Å². The summed E-state index contributed by atoms with van der Waals surface area (Å²) in [6, 6.07) is -0.282. The molecule has 1 heterocycles. The molecule has 0 atom stereocenters. The van der Waals surface area contributed by atoms with Crippen molar-refractivity contribution in [3.63, 3.8) is 0 Å². The van der Waals surface area contributed by atoms with Crippen LogP contribution in [0.15, 0.2) is 5.38 Å². The Morgan fingerprint density at radius 1 is 1.60 bits per heavy atom. The number of rotatable bonds is 5. The summed E-state index contributed by atoms with van der Waals surface area (Å²) in [7, 11) is 0. The molecule has 0 saturated carbocycles. The third-order valence-electron chi connectivity index (χ3n) is 1.73. The van der Waals surface area contributed by atoms with Crippen molar-refractivity contribution in [3.8, 4) is 0 Å². The molecule has 84 valence electrons. The molecule has 0 aromatic carbocycles. The van der Waals surface area contributed by atoms with Crippen LogP contribution in [0.25, 0.3) is 0 Å². The minimum atomic E-state index is -0.282. The van der Waals surface area contributed by atoms with Crippen molar-refractivity contribution < 1.29 is 9.90 Å². The lowest BCUT2D eigenvalue weighted by Crippen LogP contribution is -2.36. The Hall–Kier alpha value is -1.14. The molecule has 1 aromatic rings. The van der Waals surface area contributed by atoms with Gasteiger partial charge in [-0.15, -0.1) is 11.3 Å². The number of hydrogen-bond acceptors (Lipinski definition) is 4. The quantitative estimate of drug-likeness (QED) is 0.688. The van der Waals surface area contributed by atoms with Crippen LogP contribution in [-0.2, 0) is 13.0 Å². The first-order chi connectivity index (χ1) is 7.26. The number of nitrogens with one attached hydrogen (secondary N) is 2. The lowest BCUT2D eigenvalue weighted by Gasteiger charge is -2.03. The first kappa shape index (κ1) is 11.9. The van der Waals surface area contributed by atoms with Gasteiger partial charge in [0.2, 0.25) is 0 Å². The van der Waals surface area contributed by atoms with Crippen molar-refractivity contribution in [2.24, 2.45) is 0 Å². The van der Waals surface area contributed by atoms with E-state index in [1.54, 1.807) is 11.3 Å². The van der Waals surface area contributed by atoms with E-state index in [1.165, 1.54) is 0 Å². The highest BCUT2D eigenvalue weighted by Crippen LogP contribution is 2.09. The van der Waals surface area contributed by atoms with Crippen LogP contribution in [0, 0.1) is 0 Å². The highest BCUT2D eigenvalue weighted by molar-refractivity contribution is 7.09. The van der Waals surface area contributed by atoms with E-state index in [0.29, 0.717) is 6.54 Å². The summed E-state index contributed by atoms with van der Waals surface area (Å²) in [5.74, 6) is 0. The molecule has 0 bridgehead atoms. The highest BCUT2D eigenvalue weighted by Gasteiger charge is 2.02. The van der Waals surface area contributed by atoms with Gasteiger partial charge in [-0.3, -0.25) is 0 Å². The summed E-state index contributed by atoms with van der Waals surface area (Å²) in [5.41, 5.74) is 0.871. The van der Waals surface area contributed by atoms with Crippen LogP contribution in [0.4, 0.5) is 4.79 Å². The van der Waals surface area contributed by atoms with Crippen molar-refractivity contribution >= 4 is 17.4 Å². The van der Waals surface area contributed by atoms with Gasteiger partial charge in [0.1, 0.15) is 0 Å². The van der Waals surface area contributed by atoms with E-state index >= 15 is 0 Å². The van der Waals surface area contributed by atoms with Gasteiger partial charge in [-0.05, 0) is 6.42 Å². The van der Waals surface area contributed by atoms with Gasteiger partial charge in [-0.2, -0.15) is 0 Å². The fourth-order valence-electron chi connectivity index (χ4n) is 0.995. The van der Waals surface area contributed by atoms with Gasteiger partial charge in [0.25, 0.3) is 0 Å². The molecule has 0 aliphatic heterocycles. The number of nitrogens with zero attached hydrogens (tertiary/aromatic N) is 1. The molecule has 2 amide bonds. The predicted octanol–water partition coefficient (Wildman–Crippen LogP) is 0.497. The number of urea groups is 1. The fraction of sp³-hybridized carbons (Fsp3) is 0.556. The van der Waals surface area contributed by atoms with E-state index < -0.39 is 0 Å². The SMILES string of the molecule is CCc1nc(CNC(=O)NCCO)cs1. The van der Waals surface area contributed by atoms with E-state index in [2.05, 4.69) is 15.6 Å². The number of aromatic nitrogens is 1. The minimum absolute atomic E-state index is 0.0515. The van der Waals surface area contributed by atoms with Gasteiger partial charge in [-0.25, -0.2) is 9.78 Å². The number of thiazole rings is 1.